The van der Waals surface area contributed by atoms with Crippen LogP contribution in [0.4, 0.5) is 5.82 Å². The van der Waals surface area contributed by atoms with Gasteiger partial charge in [0, 0.05) is 35.7 Å². The van der Waals surface area contributed by atoms with Gasteiger partial charge >= 0.3 is 0 Å². The maximum atomic E-state index is 6.03. The van der Waals surface area contributed by atoms with Crippen molar-refractivity contribution in [3.63, 3.8) is 0 Å². The van der Waals surface area contributed by atoms with E-state index in [-0.39, 0.29) is 0 Å². The minimum Gasteiger partial charge on any atom is -0.352 e. The van der Waals surface area contributed by atoms with Crippen LogP contribution < -0.4 is 4.90 Å². The summed E-state index contributed by atoms with van der Waals surface area (Å²) in [5.74, 6) is 2.57. The Labute approximate surface area is 117 Å². The first-order valence-corrected chi connectivity index (χ1v) is 7.68. The fraction of sp³-hybridized carbons (Fsp3) is 0.583. The summed E-state index contributed by atoms with van der Waals surface area (Å²) in [5, 5.41) is 1.27. The number of anilines is 1. The van der Waals surface area contributed by atoms with Crippen LogP contribution in [0.2, 0.25) is 5.02 Å². The van der Waals surface area contributed by atoms with E-state index in [1.54, 1.807) is 6.20 Å². The molecule has 0 bridgehead atoms. The molecular weight excluding hydrogens is 275 g/mol. The van der Waals surface area contributed by atoms with E-state index in [0.29, 0.717) is 22.2 Å². The number of hydrogen-bond acceptors (Lipinski definition) is 3. The van der Waals surface area contributed by atoms with Gasteiger partial charge < -0.3 is 4.90 Å². The number of thioether (sulfide) groups is 1. The molecule has 1 fully saturated rings. The minimum absolute atomic E-state index is 0.431. The highest BCUT2D eigenvalue weighted by Crippen LogP contribution is 2.29. The van der Waals surface area contributed by atoms with Crippen LogP contribution in [0.3, 0.4) is 0 Å². The van der Waals surface area contributed by atoms with Crippen LogP contribution in [0.1, 0.15) is 19.4 Å². The smallest absolute Gasteiger partial charge is 0.129 e. The lowest BCUT2D eigenvalue weighted by Gasteiger charge is -2.38. The summed E-state index contributed by atoms with van der Waals surface area (Å²) >= 11 is 13.9. The lowest BCUT2D eigenvalue weighted by Crippen LogP contribution is -2.45. The Balaban J connectivity index is 2.27. The van der Waals surface area contributed by atoms with Crippen molar-refractivity contribution in [3.05, 3.63) is 22.8 Å². The number of alkyl halides is 1. The van der Waals surface area contributed by atoms with Crippen molar-refractivity contribution < 1.29 is 0 Å². The summed E-state index contributed by atoms with van der Waals surface area (Å²) in [7, 11) is 0. The second-order valence-electron chi connectivity index (χ2n) is 4.28. The fourth-order valence-corrected chi connectivity index (χ4v) is 3.54. The van der Waals surface area contributed by atoms with E-state index in [9.17, 15) is 0 Å². The second kappa shape index (κ2) is 5.68. The molecule has 2 rings (SSSR count). The van der Waals surface area contributed by atoms with E-state index < -0.39 is 0 Å². The van der Waals surface area contributed by atoms with E-state index >= 15 is 0 Å². The van der Waals surface area contributed by atoms with Gasteiger partial charge in [0.25, 0.3) is 0 Å². The summed E-state index contributed by atoms with van der Waals surface area (Å²) in [6, 6.07) is 2.50. The predicted octanol–water partition coefficient (Wildman–Crippen LogP) is 3.80. The standard InChI is InChI=1S/C12H16Cl2N2S/c1-8-9(2)17-4-3-16(8)12-5-10(6-13)11(14)7-15-12/h5,7-9H,3-4,6H2,1-2H3. The molecule has 0 aliphatic carbocycles. The van der Waals surface area contributed by atoms with Crippen molar-refractivity contribution in [2.45, 2.75) is 31.0 Å². The van der Waals surface area contributed by atoms with Crippen molar-refractivity contribution in [1.29, 1.82) is 0 Å². The lowest BCUT2D eigenvalue weighted by molar-refractivity contribution is 0.620. The summed E-state index contributed by atoms with van der Waals surface area (Å²) in [5.41, 5.74) is 0.955. The van der Waals surface area contributed by atoms with Gasteiger partial charge in [-0.05, 0) is 18.6 Å². The summed E-state index contributed by atoms with van der Waals surface area (Å²) in [6.45, 7) is 5.54. The van der Waals surface area contributed by atoms with Crippen LogP contribution in [0.5, 0.6) is 0 Å². The van der Waals surface area contributed by atoms with E-state index in [1.807, 2.05) is 17.8 Å². The van der Waals surface area contributed by atoms with Gasteiger partial charge in [0.05, 0.1) is 5.02 Å². The van der Waals surface area contributed by atoms with Gasteiger partial charge in [-0.1, -0.05) is 18.5 Å². The van der Waals surface area contributed by atoms with Gasteiger partial charge in [-0.2, -0.15) is 11.8 Å². The van der Waals surface area contributed by atoms with Crippen molar-refractivity contribution in [3.8, 4) is 0 Å². The van der Waals surface area contributed by atoms with Crippen LogP contribution in [-0.2, 0) is 5.88 Å². The fourth-order valence-electron chi connectivity index (χ4n) is 1.98. The zero-order valence-electron chi connectivity index (χ0n) is 9.99. The summed E-state index contributed by atoms with van der Waals surface area (Å²) < 4.78 is 0. The van der Waals surface area contributed by atoms with Gasteiger partial charge in [0.1, 0.15) is 5.82 Å². The maximum absolute atomic E-state index is 6.03. The van der Waals surface area contributed by atoms with Gasteiger partial charge in [0.2, 0.25) is 0 Å². The number of nitrogens with zero attached hydrogens (tertiary/aromatic N) is 2. The lowest BCUT2D eigenvalue weighted by atomic mass is 10.2. The van der Waals surface area contributed by atoms with Crippen LogP contribution in [0, 0.1) is 0 Å². The molecule has 5 heteroatoms. The molecule has 0 radical (unpaired) electrons. The third-order valence-electron chi connectivity index (χ3n) is 3.24. The van der Waals surface area contributed by atoms with Crippen molar-refractivity contribution in [2.75, 3.05) is 17.2 Å². The van der Waals surface area contributed by atoms with E-state index in [1.165, 1.54) is 0 Å². The Morgan fingerprint density at radius 1 is 1.53 bits per heavy atom. The predicted molar refractivity (Wildman–Crippen MR) is 77.5 cm³/mol. The Kier molecular flexibility index (Phi) is 4.45. The molecule has 0 amide bonds. The zero-order chi connectivity index (χ0) is 12.4. The van der Waals surface area contributed by atoms with Crippen molar-refractivity contribution >= 4 is 40.8 Å². The topological polar surface area (TPSA) is 16.1 Å². The van der Waals surface area contributed by atoms with E-state index in [0.717, 1.165) is 23.7 Å². The molecule has 2 atom stereocenters. The summed E-state index contributed by atoms with van der Waals surface area (Å²) in [4.78, 5) is 6.76. The molecule has 1 aliphatic heterocycles. The molecular formula is C12H16Cl2N2S. The summed E-state index contributed by atoms with van der Waals surface area (Å²) in [6.07, 6.45) is 1.70. The van der Waals surface area contributed by atoms with Crippen molar-refractivity contribution in [2.24, 2.45) is 0 Å². The van der Waals surface area contributed by atoms with Crippen LogP contribution >= 0.6 is 35.0 Å². The number of halogens is 2. The normalized spacial score (nSPS) is 25.1. The third kappa shape index (κ3) is 2.83. The zero-order valence-corrected chi connectivity index (χ0v) is 12.3. The molecule has 1 aromatic heterocycles. The average molecular weight is 291 g/mol. The average Bonchev–Trinajstić information content (AvgIpc) is 2.34. The van der Waals surface area contributed by atoms with Crippen molar-refractivity contribution in [1.82, 2.24) is 4.98 Å². The van der Waals surface area contributed by atoms with Gasteiger partial charge in [0.15, 0.2) is 0 Å². The SMILES string of the molecule is CC1SCCN(c2cc(CCl)c(Cl)cn2)C1C. The van der Waals surface area contributed by atoms with E-state index in [4.69, 9.17) is 23.2 Å². The molecule has 2 heterocycles. The quantitative estimate of drug-likeness (QED) is 0.771. The molecule has 1 saturated heterocycles. The number of aromatic nitrogens is 1. The first-order valence-electron chi connectivity index (χ1n) is 5.72. The minimum atomic E-state index is 0.431. The molecule has 94 valence electrons. The second-order valence-corrected chi connectivity index (χ2v) is 6.44. The molecule has 1 aliphatic rings. The first kappa shape index (κ1) is 13.3. The molecule has 2 unspecified atom stereocenters. The first-order chi connectivity index (χ1) is 8.13. The van der Waals surface area contributed by atoms with Gasteiger partial charge in [-0.15, -0.1) is 11.6 Å². The van der Waals surface area contributed by atoms with Gasteiger partial charge in [-0.3, -0.25) is 0 Å². The molecule has 0 spiro atoms. The maximum Gasteiger partial charge on any atom is 0.129 e. The van der Waals surface area contributed by atoms with Crippen LogP contribution in [0.15, 0.2) is 12.3 Å². The molecule has 1 aromatic rings. The Bertz CT molecular complexity index is 400. The monoisotopic (exact) mass is 290 g/mol. The highest BCUT2D eigenvalue weighted by molar-refractivity contribution is 8.00. The van der Waals surface area contributed by atoms with Gasteiger partial charge in [-0.25, -0.2) is 4.98 Å². The number of pyridine rings is 1. The highest BCUT2D eigenvalue weighted by Gasteiger charge is 2.26. The molecule has 0 N–H and O–H groups in total. The van der Waals surface area contributed by atoms with E-state index in [2.05, 4.69) is 23.7 Å². The van der Waals surface area contributed by atoms with Crippen LogP contribution in [0.25, 0.3) is 0 Å². The molecule has 17 heavy (non-hydrogen) atoms. The molecule has 0 saturated carbocycles. The number of rotatable bonds is 2. The largest absolute Gasteiger partial charge is 0.352 e. The third-order valence-corrected chi connectivity index (χ3v) is 5.21. The Morgan fingerprint density at radius 2 is 2.29 bits per heavy atom. The Hall–Kier alpha value is -0.120. The Morgan fingerprint density at radius 3 is 3.00 bits per heavy atom. The highest BCUT2D eigenvalue weighted by atomic mass is 35.5. The van der Waals surface area contributed by atoms with Crippen LogP contribution in [-0.4, -0.2) is 28.6 Å². The molecule has 2 nitrogen and oxygen atoms in total. The number of hydrogen-bond donors (Lipinski definition) is 0. The molecule has 0 aromatic carbocycles.